The van der Waals surface area contributed by atoms with Crippen molar-refractivity contribution in [3.05, 3.63) is 41.5 Å². The van der Waals surface area contributed by atoms with Crippen LogP contribution in [0.15, 0.2) is 24.8 Å². The second-order valence-electron chi connectivity index (χ2n) is 4.68. The van der Waals surface area contributed by atoms with Gasteiger partial charge in [0, 0.05) is 5.56 Å². The molecule has 0 unspecified atom stereocenters. The van der Waals surface area contributed by atoms with E-state index in [4.69, 9.17) is 4.74 Å². The van der Waals surface area contributed by atoms with E-state index < -0.39 is 24.0 Å². The normalized spacial score (nSPS) is 11.2. The Morgan fingerprint density at radius 1 is 1.14 bits per heavy atom. The van der Waals surface area contributed by atoms with Crippen molar-refractivity contribution in [3.8, 4) is 5.75 Å². The highest BCUT2D eigenvalue weighted by atomic mass is 19.3. The molecule has 1 rings (SSSR count). The number of hydrogen-bond acceptors (Lipinski definition) is 1. The molecule has 118 valence electrons. The molecule has 0 amide bonds. The summed E-state index contributed by atoms with van der Waals surface area (Å²) in [6.45, 7) is 5.59. The Morgan fingerprint density at radius 3 is 2.33 bits per heavy atom. The van der Waals surface area contributed by atoms with Crippen molar-refractivity contribution in [2.75, 3.05) is 6.61 Å². The van der Waals surface area contributed by atoms with E-state index >= 15 is 0 Å². The van der Waals surface area contributed by atoms with Gasteiger partial charge in [0.05, 0.1) is 12.2 Å². The molecule has 0 aliphatic heterocycles. The van der Waals surface area contributed by atoms with Gasteiger partial charge in [-0.15, -0.1) is 6.58 Å². The van der Waals surface area contributed by atoms with Crippen LogP contribution in [0.3, 0.4) is 0 Å². The molecule has 0 N–H and O–H groups in total. The van der Waals surface area contributed by atoms with E-state index in [2.05, 4.69) is 6.58 Å². The van der Waals surface area contributed by atoms with E-state index in [1.165, 1.54) is 12.1 Å². The van der Waals surface area contributed by atoms with E-state index in [9.17, 15) is 17.6 Å². The molecule has 0 heterocycles. The van der Waals surface area contributed by atoms with Crippen molar-refractivity contribution in [3.63, 3.8) is 0 Å². The lowest BCUT2D eigenvalue weighted by Gasteiger charge is -2.18. The number of alkyl halides is 4. The molecule has 1 aromatic rings. The van der Waals surface area contributed by atoms with Gasteiger partial charge >= 0.3 is 0 Å². The zero-order chi connectivity index (χ0) is 15.8. The Kier molecular flexibility index (Phi) is 7.26. The van der Waals surface area contributed by atoms with Gasteiger partial charge in [-0.05, 0) is 37.3 Å². The minimum absolute atomic E-state index is 0.144. The summed E-state index contributed by atoms with van der Waals surface area (Å²) in [5.41, 5.74) is -0.997. The minimum Gasteiger partial charge on any atom is -0.493 e. The van der Waals surface area contributed by atoms with Crippen molar-refractivity contribution in [1.29, 1.82) is 0 Å². The molecule has 1 nitrogen and oxygen atoms in total. The second-order valence-corrected chi connectivity index (χ2v) is 4.68. The average Bonchev–Trinajstić information content (AvgIpc) is 2.44. The Morgan fingerprint density at radius 2 is 1.81 bits per heavy atom. The van der Waals surface area contributed by atoms with Gasteiger partial charge in [0.15, 0.2) is 0 Å². The van der Waals surface area contributed by atoms with Crippen molar-refractivity contribution >= 4 is 0 Å². The minimum atomic E-state index is -2.99. The maximum absolute atomic E-state index is 13.3. The lowest BCUT2D eigenvalue weighted by atomic mass is 9.96. The monoisotopic (exact) mass is 304 g/mol. The molecule has 0 saturated heterocycles. The molecule has 0 saturated carbocycles. The fraction of sp³-hybridized carbons (Fsp3) is 0.500. The number of hydrogen-bond donors (Lipinski definition) is 0. The molecular weight excluding hydrogens is 284 g/mol. The smallest absolute Gasteiger partial charge is 0.267 e. The van der Waals surface area contributed by atoms with Crippen LogP contribution >= 0.6 is 0 Å². The molecule has 1 aromatic carbocycles. The van der Waals surface area contributed by atoms with Gasteiger partial charge in [-0.25, -0.2) is 17.6 Å². The van der Waals surface area contributed by atoms with Crippen LogP contribution < -0.4 is 4.74 Å². The summed E-state index contributed by atoms with van der Waals surface area (Å²) in [5.74, 6) is -0.144. The molecule has 21 heavy (non-hydrogen) atoms. The standard InChI is InChI=1S/C16H20F4O/c1-3-5-6-7-11-8-9-12(21-10-4-2)14(16(19)20)13(11)15(17)18/h3,8-9,15-16H,1,4-7,10H2,2H3. The molecule has 0 bridgehead atoms. The van der Waals surface area contributed by atoms with Gasteiger partial charge in [-0.3, -0.25) is 0 Å². The Labute approximate surface area is 122 Å². The zero-order valence-electron chi connectivity index (χ0n) is 12.0. The number of aryl methyl sites for hydroxylation is 1. The van der Waals surface area contributed by atoms with Crippen LogP contribution in [0, 0.1) is 0 Å². The topological polar surface area (TPSA) is 9.23 Å². The molecule has 0 fully saturated rings. The summed E-state index contributed by atoms with van der Waals surface area (Å²) in [6.07, 6.45) is -2.07. The second kappa shape index (κ2) is 8.70. The van der Waals surface area contributed by atoms with Gasteiger partial charge < -0.3 is 4.74 Å². The number of allylic oxidation sites excluding steroid dienone is 1. The number of unbranched alkanes of at least 4 members (excludes halogenated alkanes) is 1. The highest BCUT2D eigenvalue weighted by Gasteiger charge is 2.27. The third kappa shape index (κ3) is 4.76. The first-order chi connectivity index (χ1) is 10.0. The van der Waals surface area contributed by atoms with E-state index in [0.717, 1.165) is 0 Å². The van der Waals surface area contributed by atoms with Crippen molar-refractivity contribution in [2.45, 2.75) is 45.5 Å². The SMILES string of the molecule is C=CCCCc1ccc(OCCC)c(C(F)F)c1C(F)F. The predicted octanol–water partition coefficient (Wildman–Crippen LogP) is 5.86. The summed E-state index contributed by atoms with van der Waals surface area (Å²) in [6, 6.07) is 2.83. The lowest BCUT2D eigenvalue weighted by Crippen LogP contribution is -2.07. The van der Waals surface area contributed by atoms with E-state index in [-0.39, 0.29) is 17.9 Å². The molecule has 0 atom stereocenters. The van der Waals surface area contributed by atoms with Gasteiger partial charge in [0.2, 0.25) is 0 Å². The summed E-state index contributed by atoms with van der Waals surface area (Å²) >= 11 is 0. The van der Waals surface area contributed by atoms with Gasteiger partial charge in [-0.1, -0.05) is 19.1 Å². The number of rotatable bonds is 9. The zero-order valence-corrected chi connectivity index (χ0v) is 12.0. The fourth-order valence-corrected chi connectivity index (χ4v) is 2.14. The molecule has 0 aromatic heterocycles. The highest BCUT2D eigenvalue weighted by molar-refractivity contribution is 5.47. The summed E-state index contributed by atoms with van der Waals surface area (Å²) in [4.78, 5) is 0. The first kappa shape index (κ1) is 17.5. The van der Waals surface area contributed by atoms with Crippen LogP contribution in [-0.4, -0.2) is 6.61 Å². The maximum Gasteiger partial charge on any atom is 0.267 e. The Hall–Kier alpha value is -1.52. The fourth-order valence-electron chi connectivity index (χ4n) is 2.14. The first-order valence-electron chi connectivity index (χ1n) is 6.98. The average molecular weight is 304 g/mol. The Bertz CT molecular complexity index is 458. The number of benzene rings is 1. The van der Waals surface area contributed by atoms with Crippen LogP contribution in [0.25, 0.3) is 0 Å². The summed E-state index contributed by atoms with van der Waals surface area (Å²) in [7, 11) is 0. The molecule has 0 aliphatic rings. The summed E-state index contributed by atoms with van der Waals surface area (Å²) < 4.78 is 58.1. The van der Waals surface area contributed by atoms with E-state index in [1.54, 1.807) is 6.08 Å². The summed E-state index contributed by atoms with van der Waals surface area (Å²) in [5, 5.41) is 0. The quantitative estimate of drug-likeness (QED) is 0.315. The van der Waals surface area contributed by atoms with E-state index in [0.29, 0.717) is 25.7 Å². The molecule has 5 heteroatoms. The Balaban J connectivity index is 3.21. The first-order valence-corrected chi connectivity index (χ1v) is 6.98. The van der Waals surface area contributed by atoms with Gasteiger partial charge in [-0.2, -0.15) is 0 Å². The lowest BCUT2D eigenvalue weighted by molar-refractivity contribution is 0.119. The van der Waals surface area contributed by atoms with E-state index in [1.807, 2.05) is 6.92 Å². The molecule has 0 aliphatic carbocycles. The third-order valence-electron chi connectivity index (χ3n) is 3.09. The molecule has 0 radical (unpaired) electrons. The predicted molar refractivity (Wildman–Crippen MR) is 75.3 cm³/mol. The van der Waals surface area contributed by atoms with Crippen molar-refractivity contribution < 1.29 is 22.3 Å². The van der Waals surface area contributed by atoms with Crippen LogP contribution in [-0.2, 0) is 6.42 Å². The van der Waals surface area contributed by atoms with Gasteiger partial charge in [0.25, 0.3) is 12.9 Å². The largest absolute Gasteiger partial charge is 0.493 e. The molecular formula is C16H20F4O. The number of halogens is 4. The third-order valence-corrected chi connectivity index (χ3v) is 3.09. The maximum atomic E-state index is 13.3. The highest BCUT2D eigenvalue weighted by Crippen LogP contribution is 2.39. The number of ether oxygens (including phenoxy) is 1. The van der Waals surface area contributed by atoms with Crippen molar-refractivity contribution in [1.82, 2.24) is 0 Å². The van der Waals surface area contributed by atoms with Crippen LogP contribution in [0.2, 0.25) is 0 Å². The van der Waals surface area contributed by atoms with Crippen LogP contribution in [0.5, 0.6) is 5.75 Å². The van der Waals surface area contributed by atoms with Crippen LogP contribution in [0.4, 0.5) is 17.6 Å². The van der Waals surface area contributed by atoms with Crippen LogP contribution in [0.1, 0.15) is 55.7 Å². The van der Waals surface area contributed by atoms with Gasteiger partial charge in [0.1, 0.15) is 5.75 Å². The van der Waals surface area contributed by atoms with Crippen molar-refractivity contribution in [2.24, 2.45) is 0 Å². The molecule has 0 spiro atoms.